The van der Waals surface area contributed by atoms with Crippen molar-refractivity contribution in [3.8, 4) is 0 Å². The lowest BCUT2D eigenvalue weighted by molar-refractivity contribution is 0.0915. The molecule has 186 valence electrons. The van der Waals surface area contributed by atoms with E-state index in [1.54, 1.807) is 30.3 Å². The Bertz CT molecular complexity index is 1590. The molecule has 5 aromatic rings. The third-order valence-electron chi connectivity index (χ3n) is 5.84. The summed E-state index contributed by atoms with van der Waals surface area (Å²) in [6.45, 7) is 3.88. The van der Waals surface area contributed by atoms with Gasteiger partial charge >= 0.3 is 0 Å². The zero-order valence-corrected chi connectivity index (χ0v) is 20.8. The van der Waals surface area contributed by atoms with Gasteiger partial charge in [-0.1, -0.05) is 42.5 Å². The van der Waals surface area contributed by atoms with Crippen molar-refractivity contribution >= 4 is 50.8 Å². The summed E-state index contributed by atoms with van der Waals surface area (Å²) in [5, 5.41) is 16.3. The summed E-state index contributed by atoms with van der Waals surface area (Å²) < 4.78 is 4.95. The molecule has 0 unspecified atom stereocenters. The van der Waals surface area contributed by atoms with E-state index in [0.717, 1.165) is 5.56 Å². The SMILES string of the molecule is CC(C)(NC(=O)c1cc2c(NC(=O)c3ccccc3NC(=O)c3ccoc3)[nH]nc2s1)c1ccccc1. The van der Waals surface area contributed by atoms with E-state index in [1.165, 1.54) is 29.9 Å². The van der Waals surface area contributed by atoms with Gasteiger partial charge in [-0.2, -0.15) is 5.10 Å². The molecule has 0 saturated heterocycles. The summed E-state index contributed by atoms with van der Waals surface area (Å²) in [5.74, 6) is -0.726. The Morgan fingerprint density at radius 1 is 0.919 bits per heavy atom. The quantitative estimate of drug-likeness (QED) is 0.232. The van der Waals surface area contributed by atoms with E-state index < -0.39 is 17.4 Å². The minimum absolute atomic E-state index is 0.235. The molecule has 4 N–H and O–H groups in total. The lowest BCUT2D eigenvalue weighted by Gasteiger charge is -2.26. The number of thiophene rings is 1. The van der Waals surface area contributed by atoms with Crippen LogP contribution in [-0.2, 0) is 5.54 Å². The minimum Gasteiger partial charge on any atom is -0.472 e. The first-order chi connectivity index (χ1) is 17.8. The summed E-state index contributed by atoms with van der Waals surface area (Å²) in [5.41, 5.74) is 1.35. The number of aromatic nitrogens is 2. The van der Waals surface area contributed by atoms with Gasteiger partial charge in [-0.25, -0.2) is 0 Å². The Morgan fingerprint density at radius 3 is 2.43 bits per heavy atom. The fraction of sp³-hybridized carbons (Fsp3) is 0.111. The predicted octanol–water partition coefficient (Wildman–Crippen LogP) is 5.39. The van der Waals surface area contributed by atoms with Gasteiger partial charge in [0.25, 0.3) is 17.7 Å². The molecule has 0 saturated carbocycles. The second kappa shape index (κ2) is 9.75. The number of carbonyl (C=O) groups excluding carboxylic acids is 3. The van der Waals surface area contributed by atoms with E-state index in [9.17, 15) is 14.4 Å². The van der Waals surface area contributed by atoms with Crippen LogP contribution in [0.1, 0.15) is 49.8 Å². The number of rotatable bonds is 7. The molecule has 3 amide bonds. The minimum atomic E-state index is -0.576. The highest BCUT2D eigenvalue weighted by molar-refractivity contribution is 7.20. The standard InChI is InChI=1S/C27H23N5O4S/c1-27(2,17-8-4-3-5-9-17)30-25(35)21-14-19-22(31-32-26(19)37-21)29-24(34)18-10-6-7-11-20(18)28-23(33)16-12-13-36-15-16/h3-15H,1-2H3,(H,28,33)(H,30,35)(H2,29,31,32,34). The van der Waals surface area contributed by atoms with Gasteiger partial charge in [0.1, 0.15) is 16.9 Å². The maximum Gasteiger partial charge on any atom is 0.262 e. The first-order valence-electron chi connectivity index (χ1n) is 11.4. The monoisotopic (exact) mass is 513 g/mol. The summed E-state index contributed by atoms with van der Waals surface area (Å²) >= 11 is 1.22. The molecular formula is C27H23N5O4S. The number of furan rings is 1. The average molecular weight is 514 g/mol. The zero-order chi connectivity index (χ0) is 26.0. The number of carbonyl (C=O) groups is 3. The lowest BCUT2D eigenvalue weighted by Crippen LogP contribution is -2.40. The second-order valence-electron chi connectivity index (χ2n) is 8.84. The fourth-order valence-electron chi connectivity index (χ4n) is 3.85. The van der Waals surface area contributed by atoms with Crippen molar-refractivity contribution in [2.75, 3.05) is 10.6 Å². The van der Waals surface area contributed by atoms with Crippen molar-refractivity contribution in [1.82, 2.24) is 15.5 Å². The molecule has 0 fully saturated rings. The molecule has 3 aromatic heterocycles. The van der Waals surface area contributed by atoms with E-state index in [1.807, 2.05) is 44.2 Å². The van der Waals surface area contributed by atoms with Crippen LogP contribution in [-0.4, -0.2) is 27.9 Å². The summed E-state index contributed by atoms with van der Waals surface area (Å²) in [6.07, 6.45) is 2.72. The number of hydrogen-bond acceptors (Lipinski definition) is 6. The van der Waals surface area contributed by atoms with Crippen LogP contribution in [0.3, 0.4) is 0 Å². The van der Waals surface area contributed by atoms with Crippen LogP contribution >= 0.6 is 11.3 Å². The highest BCUT2D eigenvalue weighted by Gasteiger charge is 2.25. The van der Waals surface area contributed by atoms with E-state index in [4.69, 9.17) is 4.42 Å². The Kier molecular flexibility index (Phi) is 6.33. The Labute approximate surface area is 215 Å². The average Bonchev–Trinajstić information content (AvgIpc) is 3.64. The van der Waals surface area contributed by atoms with Crippen molar-refractivity contribution < 1.29 is 18.8 Å². The van der Waals surface area contributed by atoms with Crippen LogP contribution in [0.2, 0.25) is 0 Å². The second-order valence-corrected chi connectivity index (χ2v) is 9.87. The van der Waals surface area contributed by atoms with E-state index >= 15 is 0 Å². The van der Waals surface area contributed by atoms with Crippen LogP contribution in [0, 0.1) is 0 Å². The molecule has 0 radical (unpaired) electrons. The van der Waals surface area contributed by atoms with Gasteiger partial charge in [-0.05, 0) is 43.7 Å². The number of nitrogens with zero attached hydrogens (tertiary/aromatic N) is 1. The predicted molar refractivity (Wildman–Crippen MR) is 142 cm³/mol. The molecule has 5 rings (SSSR count). The molecule has 9 nitrogen and oxygen atoms in total. The third kappa shape index (κ3) is 5.00. The molecule has 0 aliphatic rings. The van der Waals surface area contributed by atoms with Gasteiger partial charge < -0.3 is 20.4 Å². The first-order valence-corrected chi connectivity index (χ1v) is 12.2. The van der Waals surface area contributed by atoms with Crippen molar-refractivity contribution in [3.63, 3.8) is 0 Å². The Balaban J connectivity index is 1.33. The van der Waals surface area contributed by atoms with Gasteiger partial charge in [0, 0.05) is 0 Å². The van der Waals surface area contributed by atoms with Crippen molar-refractivity contribution in [1.29, 1.82) is 0 Å². The van der Waals surface area contributed by atoms with Gasteiger partial charge in [0.05, 0.1) is 38.9 Å². The Hall–Kier alpha value is -4.70. The molecule has 0 bridgehead atoms. The Morgan fingerprint density at radius 2 is 1.68 bits per heavy atom. The molecule has 2 aromatic carbocycles. The molecule has 0 aliphatic carbocycles. The van der Waals surface area contributed by atoms with E-state index in [2.05, 4.69) is 26.1 Å². The van der Waals surface area contributed by atoms with Crippen LogP contribution in [0.5, 0.6) is 0 Å². The fourth-order valence-corrected chi connectivity index (χ4v) is 4.74. The number of amides is 3. The number of benzene rings is 2. The smallest absolute Gasteiger partial charge is 0.262 e. The molecule has 0 aliphatic heterocycles. The number of hydrogen-bond donors (Lipinski definition) is 4. The highest BCUT2D eigenvalue weighted by Crippen LogP contribution is 2.31. The third-order valence-corrected chi connectivity index (χ3v) is 6.87. The molecule has 3 heterocycles. The largest absolute Gasteiger partial charge is 0.472 e. The van der Waals surface area contributed by atoms with Crippen LogP contribution < -0.4 is 16.0 Å². The van der Waals surface area contributed by atoms with Crippen LogP contribution in [0.25, 0.3) is 10.2 Å². The first kappa shape index (κ1) is 24.0. The molecule has 10 heteroatoms. The molecule has 0 spiro atoms. The topological polar surface area (TPSA) is 129 Å². The van der Waals surface area contributed by atoms with Crippen LogP contribution in [0.4, 0.5) is 11.5 Å². The maximum absolute atomic E-state index is 13.1. The van der Waals surface area contributed by atoms with Crippen molar-refractivity contribution in [2.24, 2.45) is 0 Å². The molecular weight excluding hydrogens is 490 g/mol. The number of anilines is 2. The number of para-hydroxylation sites is 1. The normalized spacial score (nSPS) is 11.3. The van der Waals surface area contributed by atoms with Crippen LogP contribution in [0.15, 0.2) is 83.7 Å². The van der Waals surface area contributed by atoms with Gasteiger partial charge in [-0.15, -0.1) is 11.3 Å². The van der Waals surface area contributed by atoms with Gasteiger partial charge in [-0.3, -0.25) is 19.5 Å². The summed E-state index contributed by atoms with van der Waals surface area (Å²) in [7, 11) is 0. The van der Waals surface area contributed by atoms with Crippen molar-refractivity contribution in [2.45, 2.75) is 19.4 Å². The van der Waals surface area contributed by atoms with Crippen molar-refractivity contribution in [3.05, 3.63) is 101 Å². The number of H-pyrrole nitrogens is 1. The summed E-state index contributed by atoms with van der Waals surface area (Å²) in [6, 6.07) is 19.6. The van der Waals surface area contributed by atoms with E-state index in [0.29, 0.717) is 32.2 Å². The highest BCUT2D eigenvalue weighted by atomic mass is 32.1. The number of nitrogens with one attached hydrogen (secondary N) is 4. The molecule has 0 atom stereocenters. The van der Waals surface area contributed by atoms with Gasteiger partial charge in [0.15, 0.2) is 0 Å². The number of aromatic amines is 1. The zero-order valence-electron chi connectivity index (χ0n) is 20.0. The maximum atomic E-state index is 13.1. The molecule has 37 heavy (non-hydrogen) atoms. The van der Waals surface area contributed by atoms with E-state index in [-0.39, 0.29) is 11.5 Å². The van der Waals surface area contributed by atoms with Gasteiger partial charge in [0.2, 0.25) is 0 Å². The lowest BCUT2D eigenvalue weighted by atomic mass is 9.94. The number of fused-ring (bicyclic) bond motifs is 1. The summed E-state index contributed by atoms with van der Waals surface area (Å²) in [4.78, 5) is 39.6.